The Morgan fingerprint density at radius 3 is 2.71 bits per heavy atom. The molecule has 3 rings (SSSR count). The summed E-state index contributed by atoms with van der Waals surface area (Å²) in [6.07, 6.45) is 3.47. The molecule has 1 aliphatic rings. The van der Waals surface area contributed by atoms with E-state index >= 15 is 0 Å². The number of nitrogens with one attached hydrogen (secondary N) is 1. The molecule has 0 spiro atoms. The first kappa shape index (κ1) is 14.3. The second kappa shape index (κ2) is 6.44. The van der Waals surface area contributed by atoms with Gasteiger partial charge in [0.05, 0.1) is 0 Å². The van der Waals surface area contributed by atoms with E-state index in [1.807, 2.05) is 12.1 Å². The highest BCUT2D eigenvalue weighted by Crippen LogP contribution is 2.31. The molecule has 1 unspecified atom stereocenters. The van der Waals surface area contributed by atoms with Crippen LogP contribution in [-0.4, -0.2) is 5.91 Å². The SMILES string of the molecule is O=C1CCCc2cc(C(Br)Cc3ccccc3)ccc2N1. The molecule has 2 aromatic carbocycles. The number of benzene rings is 2. The van der Waals surface area contributed by atoms with Crippen LogP contribution in [0.3, 0.4) is 0 Å². The lowest BCUT2D eigenvalue weighted by Gasteiger charge is -2.14. The second-order valence-electron chi connectivity index (χ2n) is 5.48. The van der Waals surface area contributed by atoms with Crippen LogP contribution in [0.4, 0.5) is 5.69 Å². The number of halogens is 1. The lowest BCUT2D eigenvalue weighted by Crippen LogP contribution is -2.09. The molecule has 1 N–H and O–H groups in total. The van der Waals surface area contributed by atoms with Crippen LogP contribution in [0.25, 0.3) is 0 Å². The van der Waals surface area contributed by atoms with Gasteiger partial charge in [0.15, 0.2) is 0 Å². The predicted molar refractivity (Wildman–Crippen MR) is 89.8 cm³/mol. The van der Waals surface area contributed by atoms with Crippen LogP contribution in [0.1, 0.15) is 34.4 Å². The quantitative estimate of drug-likeness (QED) is 0.808. The van der Waals surface area contributed by atoms with Crippen molar-refractivity contribution in [2.24, 2.45) is 0 Å². The van der Waals surface area contributed by atoms with E-state index in [9.17, 15) is 4.79 Å². The summed E-state index contributed by atoms with van der Waals surface area (Å²) < 4.78 is 0. The van der Waals surface area contributed by atoms with Gasteiger partial charge in [-0.3, -0.25) is 4.79 Å². The Hall–Kier alpha value is -1.61. The summed E-state index contributed by atoms with van der Waals surface area (Å²) >= 11 is 3.79. The van der Waals surface area contributed by atoms with E-state index in [1.165, 1.54) is 16.7 Å². The van der Waals surface area contributed by atoms with Gasteiger partial charge in [0, 0.05) is 16.9 Å². The number of alkyl halides is 1. The molecule has 2 nitrogen and oxygen atoms in total. The standard InChI is InChI=1S/C18H18BrNO/c19-16(11-13-5-2-1-3-6-13)14-9-10-17-15(12-14)7-4-8-18(21)20-17/h1-3,5-6,9-10,12,16H,4,7-8,11H2,(H,20,21). The average Bonchev–Trinajstić information content (AvgIpc) is 2.68. The Balaban J connectivity index is 1.80. The van der Waals surface area contributed by atoms with Crippen LogP contribution < -0.4 is 5.32 Å². The Morgan fingerprint density at radius 1 is 1.10 bits per heavy atom. The van der Waals surface area contributed by atoms with Crippen LogP contribution in [-0.2, 0) is 17.6 Å². The third kappa shape index (κ3) is 3.53. The molecular weight excluding hydrogens is 326 g/mol. The van der Waals surface area contributed by atoms with Crippen molar-refractivity contribution in [1.82, 2.24) is 0 Å². The van der Waals surface area contributed by atoms with Gasteiger partial charge < -0.3 is 5.32 Å². The minimum Gasteiger partial charge on any atom is -0.326 e. The minimum atomic E-state index is 0.126. The van der Waals surface area contributed by atoms with E-state index in [0.29, 0.717) is 11.2 Å². The number of carbonyl (C=O) groups excluding carboxylic acids is 1. The van der Waals surface area contributed by atoms with E-state index in [-0.39, 0.29) is 5.91 Å². The summed E-state index contributed by atoms with van der Waals surface area (Å²) in [4.78, 5) is 11.9. The smallest absolute Gasteiger partial charge is 0.224 e. The Morgan fingerprint density at radius 2 is 1.90 bits per heavy atom. The van der Waals surface area contributed by atoms with Crippen molar-refractivity contribution in [2.75, 3.05) is 5.32 Å². The number of fused-ring (bicyclic) bond motifs is 1. The molecule has 0 fully saturated rings. The van der Waals surface area contributed by atoms with Crippen LogP contribution >= 0.6 is 15.9 Å². The van der Waals surface area contributed by atoms with Gasteiger partial charge in [0.25, 0.3) is 0 Å². The summed E-state index contributed by atoms with van der Waals surface area (Å²) in [6, 6.07) is 16.8. The molecule has 108 valence electrons. The first-order valence-corrected chi connectivity index (χ1v) is 8.24. The molecule has 0 radical (unpaired) electrons. The maximum atomic E-state index is 11.6. The molecule has 1 atom stereocenters. The first-order chi connectivity index (χ1) is 10.2. The highest BCUT2D eigenvalue weighted by atomic mass is 79.9. The van der Waals surface area contributed by atoms with Crippen molar-refractivity contribution < 1.29 is 4.79 Å². The molecule has 1 aliphatic heterocycles. The lowest BCUT2D eigenvalue weighted by atomic mass is 9.99. The minimum absolute atomic E-state index is 0.126. The summed E-state index contributed by atoms with van der Waals surface area (Å²) in [5.74, 6) is 0.126. The Labute approximate surface area is 133 Å². The van der Waals surface area contributed by atoms with Gasteiger partial charge in [0.2, 0.25) is 5.91 Å². The molecule has 0 aliphatic carbocycles. The zero-order valence-corrected chi connectivity index (χ0v) is 13.4. The normalized spacial score (nSPS) is 15.8. The molecule has 1 amide bonds. The van der Waals surface area contributed by atoms with E-state index in [4.69, 9.17) is 0 Å². The van der Waals surface area contributed by atoms with E-state index in [1.54, 1.807) is 0 Å². The summed E-state index contributed by atoms with van der Waals surface area (Å²) in [6.45, 7) is 0. The van der Waals surface area contributed by atoms with Gasteiger partial charge in [-0.1, -0.05) is 58.4 Å². The molecule has 1 heterocycles. The van der Waals surface area contributed by atoms with Crippen LogP contribution in [0.5, 0.6) is 0 Å². The number of aryl methyl sites for hydroxylation is 1. The Bertz CT molecular complexity index is 639. The third-order valence-electron chi connectivity index (χ3n) is 3.87. The topological polar surface area (TPSA) is 29.1 Å². The van der Waals surface area contributed by atoms with Crippen molar-refractivity contribution >= 4 is 27.5 Å². The fourth-order valence-electron chi connectivity index (χ4n) is 2.73. The Kier molecular flexibility index (Phi) is 4.39. The molecule has 21 heavy (non-hydrogen) atoms. The van der Waals surface area contributed by atoms with Crippen molar-refractivity contribution in [2.45, 2.75) is 30.5 Å². The largest absolute Gasteiger partial charge is 0.326 e. The van der Waals surface area contributed by atoms with Crippen LogP contribution in [0.15, 0.2) is 48.5 Å². The van der Waals surface area contributed by atoms with Gasteiger partial charge in [0.1, 0.15) is 0 Å². The monoisotopic (exact) mass is 343 g/mol. The van der Waals surface area contributed by atoms with E-state index in [2.05, 4.69) is 57.6 Å². The lowest BCUT2D eigenvalue weighted by molar-refractivity contribution is -0.116. The predicted octanol–water partition coefficient (Wildman–Crippen LogP) is 4.64. The third-order valence-corrected chi connectivity index (χ3v) is 4.73. The van der Waals surface area contributed by atoms with Crippen LogP contribution in [0, 0.1) is 0 Å². The van der Waals surface area contributed by atoms with Crippen molar-refractivity contribution in [3.05, 3.63) is 65.2 Å². The maximum absolute atomic E-state index is 11.6. The molecule has 0 saturated heterocycles. The number of hydrogen-bond donors (Lipinski definition) is 1. The summed E-state index contributed by atoms with van der Waals surface area (Å²) in [5.41, 5.74) is 4.81. The molecule has 2 aromatic rings. The fourth-order valence-corrected chi connectivity index (χ4v) is 3.39. The van der Waals surface area contributed by atoms with Crippen molar-refractivity contribution in [3.63, 3.8) is 0 Å². The highest BCUT2D eigenvalue weighted by Gasteiger charge is 2.15. The first-order valence-electron chi connectivity index (χ1n) is 7.33. The fraction of sp³-hybridized carbons (Fsp3) is 0.278. The average molecular weight is 344 g/mol. The van der Waals surface area contributed by atoms with Crippen molar-refractivity contribution in [1.29, 1.82) is 0 Å². The van der Waals surface area contributed by atoms with Crippen molar-refractivity contribution in [3.8, 4) is 0 Å². The number of hydrogen-bond acceptors (Lipinski definition) is 1. The zero-order valence-electron chi connectivity index (χ0n) is 11.8. The maximum Gasteiger partial charge on any atom is 0.224 e. The molecule has 0 aromatic heterocycles. The molecule has 0 saturated carbocycles. The number of anilines is 1. The van der Waals surface area contributed by atoms with E-state index in [0.717, 1.165) is 24.9 Å². The second-order valence-corrected chi connectivity index (χ2v) is 6.58. The number of amides is 1. The van der Waals surface area contributed by atoms with Gasteiger partial charge in [-0.15, -0.1) is 0 Å². The zero-order chi connectivity index (χ0) is 14.7. The van der Waals surface area contributed by atoms with Gasteiger partial charge >= 0.3 is 0 Å². The van der Waals surface area contributed by atoms with Gasteiger partial charge in [-0.2, -0.15) is 0 Å². The number of rotatable bonds is 3. The van der Waals surface area contributed by atoms with Crippen LogP contribution in [0.2, 0.25) is 0 Å². The number of carbonyl (C=O) groups is 1. The molecule has 3 heteroatoms. The molecular formula is C18H18BrNO. The summed E-state index contributed by atoms with van der Waals surface area (Å²) in [7, 11) is 0. The highest BCUT2D eigenvalue weighted by molar-refractivity contribution is 9.09. The molecule has 0 bridgehead atoms. The van der Waals surface area contributed by atoms with E-state index < -0.39 is 0 Å². The summed E-state index contributed by atoms with van der Waals surface area (Å²) in [5, 5.41) is 2.98. The van der Waals surface area contributed by atoms with Gasteiger partial charge in [-0.25, -0.2) is 0 Å². The van der Waals surface area contributed by atoms with Gasteiger partial charge in [-0.05, 0) is 42.0 Å².